The van der Waals surface area contributed by atoms with Gasteiger partial charge in [0.2, 0.25) is 0 Å². The van der Waals surface area contributed by atoms with Crippen LogP contribution in [0.3, 0.4) is 0 Å². The van der Waals surface area contributed by atoms with Crippen molar-refractivity contribution in [3.63, 3.8) is 0 Å². The summed E-state index contributed by atoms with van der Waals surface area (Å²) in [6.45, 7) is 7.31. The maximum Gasteiger partial charge on any atom is 0.0902 e. The number of para-hydroxylation sites is 1. The van der Waals surface area contributed by atoms with Gasteiger partial charge in [-0.3, -0.25) is 0 Å². The molecule has 39 heavy (non-hydrogen) atoms. The molecule has 4 bridgehead atoms. The van der Waals surface area contributed by atoms with Crippen molar-refractivity contribution in [3.8, 4) is 0 Å². The number of hydrogen-bond donors (Lipinski definition) is 1. The van der Waals surface area contributed by atoms with Crippen LogP contribution in [0.15, 0.2) is 54.7 Å². The minimum atomic E-state index is 0.227. The fourth-order valence-electron chi connectivity index (χ4n) is 9.04. The molecule has 2 aliphatic heterocycles. The number of rotatable bonds is 6. The van der Waals surface area contributed by atoms with Gasteiger partial charge in [-0.1, -0.05) is 29.3 Å². The highest BCUT2D eigenvalue weighted by Gasteiger charge is 2.58. The van der Waals surface area contributed by atoms with E-state index in [0.29, 0.717) is 5.41 Å². The van der Waals surface area contributed by atoms with Crippen LogP contribution in [0, 0.1) is 17.3 Å². The van der Waals surface area contributed by atoms with Gasteiger partial charge < -0.3 is 24.9 Å². The lowest BCUT2D eigenvalue weighted by atomic mass is 9.46. The summed E-state index contributed by atoms with van der Waals surface area (Å²) >= 11 is 13.2. The summed E-state index contributed by atoms with van der Waals surface area (Å²) in [4.78, 5) is 9.78. The average molecular weight is 567 g/mol. The lowest BCUT2D eigenvalue weighted by Gasteiger charge is -2.63. The molecule has 0 radical (unpaired) electrons. The van der Waals surface area contributed by atoms with Gasteiger partial charge in [0, 0.05) is 56.2 Å². The zero-order valence-corrected chi connectivity index (χ0v) is 24.6. The first-order valence-electron chi connectivity index (χ1n) is 14.8. The molecular weight excluding hydrogens is 525 g/mol. The zero-order chi connectivity index (χ0) is 26.6. The average Bonchev–Trinajstić information content (AvgIpc) is 2.89. The molecule has 2 heterocycles. The van der Waals surface area contributed by atoms with Gasteiger partial charge in [0.25, 0.3) is 0 Å². The number of hydrogen-bond acceptors (Lipinski definition) is 5. The third kappa shape index (κ3) is 5.11. The van der Waals surface area contributed by atoms with E-state index in [1.807, 2.05) is 18.2 Å². The summed E-state index contributed by atoms with van der Waals surface area (Å²) in [6.07, 6.45) is 12.6. The molecule has 0 spiro atoms. The number of likely N-dealkylation sites (N-methyl/N-ethyl adjacent to an activating group) is 1. The van der Waals surface area contributed by atoms with Gasteiger partial charge in [-0.25, -0.2) is 0 Å². The molecule has 2 unspecified atom stereocenters. The largest absolute Gasteiger partial charge is 0.380 e. The van der Waals surface area contributed by atoms with Crippen LogP contribution < -0.4 is 15.1 Å². The first kappa shape index (κ1) is 25.9. The Kier molecular flexibility index (Phi) is 6.68. The first-order valence-corrected chi connectivity index (χ1v) is 15.5. The third-order valence-corrected chi connectivity index (χ3v) is 10.7. The molecule has 2 atom stereocenters. The van der Waals surface area contributed by atoms with E-state index in [1.54, 1.807) is 0 Å². The van der Waals surface area contributed by atoms with E-state index in [9.17, 15) is 0 Å². The Balaban J connectivity index is 1.06. The van der Waals surface area contributed by atoms with E-state index >= 15 is 0 Å². The predicted octanol–water partition coefficient (Wildman–Crippen LogP) is 6.79. The van der Waals surface area contributed by atoms with Gasteiger partial charge in [-0.05, 0) is 111 Å². The Labute approximate surface area is 243 Å². The molecule has 8 rings (SSSR count). The first-order chi connectivity index (χ1) is 18.9. The molecule has 4 aliphatic carbocycles. The Morgan fingerprint density at radius 3 is 2.26 bits per heavy atom. The number of benzene rings is 2. The number of nitrogens with one attached hydrogen (secondary N) is 1. The van der Waals surface area contributed by atoms with Gasteiger partial charge in [-0.15, -0.1) is 0 Å². The van der Waals surface area contributed by atoms with Gasteiger partial charge in [-0.2, -0.15) is 0 Å². The maximum atomic E-state index is 6.58. The van der Waals surface area contributed by atoms with E-state index in [-0.39, 0.29) is 5.54 Å². The van der Waals surface area contributed by atoms with Crippen LogP contribution in [0.4, 0.5) is 17.1 Å². The van der Waals surface area contributed by atoms with Crippen LogP contribution in [-0.4, -0.2) is 68.3 Å². The summed E-state index contributed by atoms with van der Waals surface area (Å²) in [7, 11) is 2.22. The highest BCUT2D eigenvalue weighted by atomic mass is 35.5. The van der Waals surface area contributed by atoms with Crippen molar-refractivity contribution in [2.24, 2.45) is 17.3 Å². The number of halogens is 2. The second-order valence-corrected chi connectivity index (χ2v) is 14.1. The van der Waals surface area contributed by atoms with Crippen LogP contribution in [0.2, 0.25) is 10.0 Å². The van der Waals surface area contributed by atoms with Crippen molar-refractivity contribution in [1.82, 2.24) is 9.80 Å². The van der Waals surface area contributed by atoms with Gasteiger partial charge in [0.15, 0.2) is 0 Å². The molecule has 0 amide bonds. The van der Waals surface area contributed by atoms with Crippen LogP contribution in [0.5, 0.6) is 0 Å². The second kappa shape index (κ2) is 10.1. The molecule has 1 saturated heterocycles. The SMILES string of the molecule is CN1CCN(c2ccc(NC34CC5CC(CC(CN6C=CCN(c7c(Cl)cccc7Cl)C6)(C5)C3)C4)cc2)CC1. The summed E-state index contributed by atoms with van der Waals surface area (Å²) < 4.78 is 0. The molecule has 0 aromatic heterocycles. The molecule has 5 fully saturated rings. The van der Waals surface area contributed by atoms with Crippen molar-refractivity contribution in [2.75, 3.05) is 68.1 Å². The number of nitrogens with zero attached hydrogens (tertiary/aromatic N) is 4. The smallest absolute Gasteiger partial charge is 0.0902 e. The van der Waals surface area contributed by atoms with E-state index in [4.69, 9.17) is 23.2 Å². The molecule has 5 nitrogen and oxygen atoms in total. The Bertz CT molecular complexity index is 1190. The lowest BCUT2D eigenvalue weighted by Crippen LogP contribution is -2.61. The fraction of sp³-hybridized carbons (Fsp3) is 0.562. The second-order valence-electron chi connectivity index (χ2n) is 13.3. The van der Waals surface area contributed by atoms with Crippen LogP contribution in [0.25, 0.3) is 0 Å². The quantitative estimate of drug-likeness (QED) is 0.415. The predicted molar refractivity (Wildman–Crippen MR) is 164 cm³/mol. The van der Waals surface area contributed by atoms with Crippen LogP contribution in [0.1, 0.15) is 38.5 Å². The van der Waals surface area contributed by atoms with E-state index in [1.165, 1.54) is 49.9 Å². The highest BCUT2D eigenvalue weighted by Crippen LogP contribution is 2.62. The van der Waals surface area contributed by atoms with Crippen molar-refractivity contribution in [1.29, 1.82) is 0 Å². The number of piperazine rings is 1. The van der Waals surface area contributed by atoms with Gasteiger partial charge >= 0.3 is 0 Å². The van der Waals surface area contributed by atoms with Gasteiger partial charge in [0.05, 0.1) is 22.4 Å². The molecule has 1 N–H and O–H groups in total. The zero-order valence-electron chi connectivity index (χ0n) is 23.1. The van der Waals surface area contributed by atoms with Crippen LogP contribution >= 0.6 is 23.2 Å². The Morgan fingerprint density at radius 1 is 0.872 bits per heavy atom. The molecule has 2 aromatic rings. The third-order valence-electron chi connectivity index (χ3n) is 10.1. The van der Waals surface area contributed by atoms with E-state index < -0.39 is 0 Å². The molecule has 208 valence electrons. The fourth-order valence-corrected chi connectivity index (χ4v) is 9.68. The lowest BCUT2D eigenvalue weighted by molar-refractivity contribution is -0.0696. The highest BCUT2D eigenvalue weighted by molar-refractivity contribution is 6.39. The molecule has 2 aromatic carbocycles. The van der Waals surface area contributed by atoms with E-state index in [0.717, 1.165) is 73.5 Å². The molecular formula is C32H41Cl2N5. The van der Waals surface area contributed by atoms with Crippen molar-refractivity contribution >= 4 is 40.3 Å². The van der Waals surface area contributed by atoms with Crippen LogP contribution in [-0.2, 0) is 0 Å². The van der Waals surface area contributed by atoms with Crippen molar-refractivity contribution in [3.05, 3.63) is 64.8 Å². The van der Waals surface area contributed by atoms with Crippen molar-refractivity contribution in [2.45, 2.75) is 44.1 Å². The Morgan fingerprint density at radius 2 is 1.56 bits per heavy atom. The summed E-state index contributed by atoms with van der Waals surface area (Å²) in [5.74, 6) is 1.68. The van der Waals surface area contributed by atoms with Crippen molar-refractivity contribution < 1.29 is 0 Å². The standard InChI is InChI=1S/C32H41Cl2N5/c1-36-12-14-38(15-13-36)27-8-6-26(7-9-27)35-32-19-24-16-25(20-32)18-31(17-24,21-32)22-37-10-3-11-39(23-37)30-28(33)4-2-5-29(30)34/h2-10,24-25,35H,11-23H2,1H3. The summed E-state index contributed by atoms with van der Waals surface area (Å²) in [5, 5.41) is 5.59. The maximum absolute atomic E-state index is 6.58. The van der Waals surface area contributed by atoms with E-state index in [2.05, 4.69) is 68.5 Å². The molecule has 6 aliphatic rings. The number of anilines is 3. The monoisotopic (exact) mass is 565 g/mol. The topological polar surface area (TPSA) is 25.0 Å². The summed E-state index contributed by atoms with van der Waals surface area (Å²) in [6, 6.07) is 15.1. The van der Waals surface area contributed by atoms with Gasteiger partial charge in [0.1, 0.15) is 0 Å². The minimum absolute atomic E-state index is 0.227. The summed E-state index contributed by atoms with van der Waals surface area (Å²) in [5.41, 5.74) is 4.20. The molecule has 7 heteroatoms. The molecule has 4 saturated carbocycles. The Hall–Kier alpha value is -2.08. The minimum Gasteiger partial charge on any atom is -0.380 e. The normalized spacial score (nSPS) is 32.2.